The normalized spacial score (nSPS) is 15.9. The summed E-state index contributed by atoms with van der Waals surface area (Å²) in [5, 5.41) is 2.99. The lowest BCUT2D eigenvalue weighted by atomic mass is 9.90. The molecule has 2 aliphatic carbocycles. The molecule has 0 aliphatic heterocycles. The summed E-state index contributed by atoms with van der Waals surface area (Å²) < 4.78 is 5.55. The van der Waals surface area contributed by atoms with E-state index in [-0.39, 0.29) is 5.78 Å². The van der Waals surface area contributed by atoms with Crippen molar-refractivity contribution in [2.45, 2.75) is 20.3 Å². The Balaban J connectivity index is 2.15. The van der Waals surface area contributed by atoms with Crippen LogP contribution in [0, 0.1) is 0 Å². The van der Waals surface area contributed by atoms with Gasteiger partial charge in [-0.05, 0) is 36.8 Å². The highest BCUT2D eigenvalue weighted by Gasteiger charge is 2.27. The minimum atomic E-state index is 0.118. The number of Topliss-reactive ketones (excluding diaryl/α,β-unsaturated/α-hetero) is 1. The van der Waals surface area contributed by atoms with Crippen LogP contribution in [0.2, 0.25) is 0 Å². The van der Waals surface area contributed by atoms with Crippen molar-refractivity contribution in [3.8, 4) is 0 Å². The van der Waals surface area contributed by atoms with Gasteiger partial charge < -0.3 is 9.72 Å². The van der Waals surface area contributed by atoms with Gasteiger partial charge in [-0.1, -0.05) is 23.8 Å². The summed E-state index contributed by atoms with van der Waals surface area (Å²) in [7, 11) is 1.67. The SMILES string of the molecule is COC1=c2[nH]c3cc4c(cc3c2C(=O)C(=C(C)C)C1)C=CC=4. The lowest BCUT2D eigenvalue weighted by Crippen LogP contribution is -2.25. The van der Waals surface area contributed by atoms with Crippen molar-refractivity contribution in [1.82, 2.24) is 4.98 Å². The first kappa shape index (κ1) is 13.1. The Morgan fingerprint density at radius 3 is 2.82 bits per heavy atom. The molecule has 0 saturated heterocycles. The highest BCUT2D eigenvalue weighted by molar-refractivity contribution is 6.18. The van der Waals surface area contributed by atoms with Gasteiger partial charge in [-0.2, -0.15) is 0 Å². The maximum Gasteiger partial charge on any atom is 0.192 e. The zero-order valence-electron chi connectivity index (χ0n) is 12.9. The number of ketones is 1. The van der Waals surface area contributed by atoms with Gasteiger partial charge in [0.2, 0.25) is 0 Å². The summed E-state index contributed by atoms with van der Waals surface area (Å²) in [5.74, 6) is 0.953. The van der Waals surface area contributed by atoms with Crippen molar-refractivity contribution in [3.63, 3.8) is 0 Å². The molecule has 3 nitrogen and oxygen atoms in total. The molecule has 22 heavy (non-hydrogen) atoms. The molecular formula is C19H17NO2. The predicted molar refractivity (Wildman–Crippen MR) is 88.8 cm³/mol. The van der Waals surface area contributed by atoms with E-state index in [0.29, 0.717) is 6.42 Å². The number of fused-ring (bicyclic) bond motifs is 4. The maximum atomic E-state index is 12.9. The number of H-pyrrole nitrogens is 1. The van der Waals surface area contributed by atoms with Gasteiger partial charge >= 0.3 is 0 Å². The number of aromatic amines is 1. The van der Waals surface area contributed by atoms with E-state index in [4.69, 9.17) is 4.74 Å². The number of aromatic nitrogens is 1. The van der Waals surface area contributed by atoms with Gasteiger partial charge in [0.1, 0.15) is 5.76 Å². The number of methoxy groups -OCH3 is 1. The molecule has 1 N–H and O–H groups in total. The summed E-state index contributed by atoms with van der Waals surface area (Å²) >= 11 is 0. The molecule has 0 atom stereocenters. The number of carbonyl (C=O) groups is 1. The summed E-state index contributed by atoms with van der Waals surface area (Å²) in [4.78, 5) is 16.3. The first-order valence-electron chi connectivity index (χ1n) is 7.42. The van der Waals surface area contributed by atoms with Gasteiger partial charge in [-0.15, -0.1) is 0 Å². The lowest BCUT2D eigenvalue weighted by molar-refractivity contribution is 0.102. The molecule has 0 amide bonds. The molecule has 1 aromatic carbocycles. The number of rotatable bonds is 1. The standard InChI is InChI=1S/C19H17NO2/c1-10(2)13-9-16(22-3)18-17(19(13)21)14-7-11-5-4-6-12(11)8-15(14)20-18/h4-8,20H,9H2,1-3H3. The van der Waals surface area contributed by atoms with Gasteiger partial charge in [0, 0.05) is 22.9 Å². The van der Waals surface area contributed by atoms with Crippen LogP contribution in [0.25, 0.3) is 28.8 Å². The van der Waals surface area contributed by atoms with Crippen molar-refractivity contribution in [2.24, 2.45) is 0 Å². The fraction of sp³-hybridized carbons (Fsp3) is 0.211. The fourth-order valence-electron chi connectivity index (χ4n) is 3.32. The van der Waals surface area contributed by atoms with Crippen molar-refractivity contribution < 1.29 is 9.53 Å². The lowest BCUT2D eigenvalue weighted by Gasteiger charge is -2.16. The van der Waals surface area contributed by atoms with Crippen LogP contribution >= 0.6 is 0 Å². The van der Waals surface area contributed by atoms with Crippen LogP contribution in [0.5, 0.6) is 0 Å². The van der Waals surface area contributed by atoms with Crippen LogP contribution in [0.1, 0.15) is 36.2 Å². The van der Waals surface area contributed by atoms with E-state index in [0.717, 1.165) is 44.3 Å². The van der Waals surface area contributed by atoms with Crippen LogP contribution < -0.4 is 10.6 Å². The highest BCUT2D eigenvalue weighted by Crippen LogP contribution is 2.28. The van der Waals surface area contributed by atoms with E-state index in [1.807, 2.05) is 19.9 Å². The van der Waals surface area contributed by atoms with Gasteiger partial charge in [0.15, 0.2) is 5.78 Å². The number of ether oxygens (including phenoxy) is 1. The smallest absolute Gasteiger partial charge is 0.192 e. The van der Waals surface area contributed by atoms with E-state index in [2.05, 4.69) is 29.3 Å². The first-order valence-corrected chi connectivity index (χ1v) is 7.42. The van der Waals surface area contributed by atoms with Crippen molar-refractivity contribution in [1.29, 1.82) is 0 Å². The summed E-state index contributed by atoms with van der Waals surface area (Å²) in [6, 6.07) is 4.20. The topological polar surface area (TPSA) is 42.1 Å². The van der Waals surface area contributed by atoms with Gasteiger partial charge in [-0.3, -0.25) is 4.79 Å². The quantitative estimate of drug-likeness (QED) is 0.821. The Bertz CT molecular complexity index is 1010. The molecular weight excluding hydrogens is 274 g/mol. The third-order valence-electron chi connectivity index (χ3n) is 4.52. The Labute approximate surface area is 128 Å². The van der Waals surface area contributed by atoms with Crippen LogP contribution in [0.4, 0.5) is 0 Å². The second-order valence-electron chi connectivity index (χ2n) is 6.04. The van der Waals surface area contributed by atoms with Gasteiger partial charge in [0.05, 0.1) is 18.0 Å². The first-order chi connectivity index (χ1) is 10.6. The molecule has 4 rings (SSSR count). The molecule has 0 bridgehead atoms. The largest absolute Gasteiger partial charge is 0.499 e. The molecule has 2 aliphatic rings. The molecule has 3 heteroatoms. The Morgan fingerprint density at radius 2 is 2.09 bits per heavy atom. The fourth-order valence-corrected chi connectivity index (χ4v) is 3.32. The average Bonchev–Trinajstić information content (AvgIpc) is 3.08. The Hall–Kier alpha value is -2.55. The van der Waals surface area contributed by atoms with Crippen LogP contribution in [-0.2, 0) is 4.74 Å². The monoisotopic (exact) mass is 291 g/mol. The van der Waals surface area contributed by atoms with E-state index < -0.39 is 0 Å². The van der Waals surface area contributed by atoms with Gasteiger partial charge in [-0.25, -0.2) is 0 Å². The molecule has 2 aromatic rings. The third-order valence-corrected chi connectivity index (χ3v) is 4.52. The highest BCUT2D eigenvalue weighted by atomic mass is 16.5. The predicted octanol–water partition coefficient (Wildman–Crippen LogP) is 2.65. The maximum absolute atomic E-state index is 12.9. The van der Waals surface area contributed by atoms with Crippen LogP contribution in [0.3, 0.4) is 0 Å². The van der Waals surface area contributed by atoms with Crippen molar-refractivity contribution in [2.75, 3.05) is 7.11 Å². The van der Waals surface area contributed by atoms with E-state index >= 15 is 0 Å². The number of benzene rings is 1. The average molecular weight is 291 g/mol. The summed E-state index contributed by atoms with van der Waals surface area (Å²) in [6.45, 7) is 3.96. The molecule has 1 heterocycles. The number of hydrogen-bond donors (Lipinski definition) is 1. The minimum Gasteiger partial charge on any atom is -0.499 e. The third kappa shape index (κ3) is 1.65. The second-order valence-corrected chi connectivity index (χ2v) is 6.04. The molecule has 110 valence electrons. The van der Waals surface area contributed by atoms with Crippen molar-refractivity contribution in [3.05, 3.63) is 51.0 Å². The molecule has 0 fully saturated rings. The van der Waals surface area contributed by atoms with Crippen LogP contribution in [-0.4, -0.2) is 17.9 Å². The Kier molecular flexibility index (Phi) is 2.67. The number of nitrogens with one attached hydrogen (secondary N) is 1. The van der Waals surface area contributed by atoms with E-state index in [9.17, 15) is 4.79 Å². The molecule has 1 aromatic heterocycles. The Morgan fingerprint density at radius 1 is 1.27 bits per heavy atom. The summed E-state index contributed by atoms with van der Waals surface area (Å²) in [6.07, 6.45) is 6.75. The number of carbonyl (C=O) groups excluding carboxylic acids is 1. The van der Waals surface area contributed by atoms with Gasteiger partial charge in [0.25, 0.3) is 0 Å². The molecule has 0 spiro atoms. The van der Waals surface area contributed by atoms with Crippen molar-refractivity contribution >= 4 is 34.6 Å². The zero-order chi connectivity index (χ0) is 15.4. The molecule has 0 saturated carbocycles. The number of allylic oxidation sites excluding steroid dienone is 2. The summed E-state index contributed by atoms with van der Waals surface area (Å²) in [5.41, 5.74) is 4.78. The van der Waals surface area contributed by atoms with Crippen LogP contribution in [0.15, 0.2) is 29.4 Å². The zero-order valence-corrected chi connectivity index (χ0v) is 12.9. The minimum absolute atomic E-state index is 0.118. The van der Waals surface area contributed by atoms with E-state index in [1.54, 1.807) is 7.11 Å². The second kappa shape index (κ2) is 4.47. The number of hydrogen-bond acceptors (Lipinski definition) is 2. The molecule has 0 unspecified atom stereocenters. The van der Waals surface area contributed by atoms with E-state index in [1.165, 1.54) is 5.22 Å². The molecule has 0 radical (unpaired) electrons.